The first-order chi connectivity index (χ1) is 73.7. The molecular formula is C143H100N6. The van der Waals surface area contributed by atoms with E-state index in [1.807, 2.05) is 0 Å². The van der Waals surface area contributed by atoms with Gasteiger partial charge in [0, 0.05) is 116 Å². The van der Waals surface area contributed by atoms with Gasteiger partial charge in [-0.3, -0.25) is 0 Å². The molecule has 0 N–H and O–H groups in total. The number of fused-ring (bicyclic) bond motifs is 20. The van der Waals surface area contributed by atoms with Crippen molar-refractivity contribution in [3.05, 3.63) is 581 Å². The van der Waals surface area contributed by atoms with E-state index in [-0.39, 0.29) is 5.41 Å². The van der Waals surface area contributed by atoms with Crippen molar-refractivity contribution in [2.45, 2.75) is 19.3 Å². The molecule has 6 heteroatoms. The predicted octanol–water partition coefficient (Wildman–Crippen LogP) is 39.5. The molecule has 0 atom stereocenters. The van der Waals surface area contributed by atoms with Crippen molar-refractivity contribution < 1.29 is 0 Å². The lowest BCUT2D eigenvalue weighted by molar-refractivity contribution is 0.660. The SMILES string of the molecule is CC1(C)c2ccccc2-c2ccc(N(c3ccc4c5c6ccccc6ccc5n(-c5ccccc5)c4c3)c3ccccc3-c3ccccc3)cc21.c1ccc(-c2ccc(N(c3ccccc3-c3ccccc3)c3cc4c5ccccc5n(-c5ccc6ccccc6c5)c4c4ccccc34)cc2)cc1.c1ccc(-c2ccccc2N(c2ccccc2)c2cc3c4ccccc4n(-c4ccc5ccccc5c4)c3c3ccccc23)cc1. The molecular weight excluding hydrogens is 1800 g/mol. The number of aromatic nitrogens is 3. The highest BCUT2D eigenvalue weighted by Crippen LogP contribution is 2.56. The average Bonchev–Trinajstić information content (AvgIpc) is 1.57. The molecule has 28 aromatic rings. The summed E-state index contributed by atoms with van der Waals surface area (Å²) in [6.07, 6.45) is 0. The molecule has 0 amide bonds. The Bertz CT molecular complexity index is 10000. The number of para-hydroxylation sites is 7. The lowest BCUT2D eigenvalue weighted by atomic mass is 9.82. The second-order valence-electron chi connectivity index (χ2n) is 39.3. The fraction of sp³-hybridized carbons (Fsp3) is 0.0210. The van der Waals surface area contributed by atoms with Gasteiger partial charge in [0.05, 0.1) is 61.5 Å². The Morgan fingerprint density at radius 1 is 0.161 bits per heavy atom. The van der Waals surface area contributed by atoms with Gasteiger partial charge in [0.2, 0.25) is 0 Å². The van der Waals surface area contributed by atoms with Crippen molar-refractivity contribution >= 4 is 170 Å². The first-order valence-corrected chi connectivity index (χ1v) is 51.4. The van der Waals surface area contributed by atoms with Crippen LogP contribution in [-0.2, 0) is 5.41 Å². The second-order valence-corrected chi connectivity index (χ2v) is 39.3. The molecule has 0 radical (unpaired) electrons. The number of anilines is 9. The van der Waals surface area contributed by atoms with Crippen LogP contribution in [0.3, 0.4) is 0 Å². The van der Waals surface area contributed by atoms with Crippen LogP contribution in [0, 0.1) is 0 Å². The van der Waals surface area contributed by atoms with Crippen LogP contribution in [0.25, 0.3) is 192 Å². The van der Waals surface area contributed by atoms with Crippen molar-refractivity contribution in [3.63, 3.8) is 0 Å². The normalized spacial score (nSPS) is 12.0. The smallest absolute Gasteiger partial charge is 0.0621 e. The van der Waals surface area contributed by atoms with Gasteiger partial charge in [-0.05, 0) is 216 Å². The molecule has 1 aliphatic carbocycles. The molecule has 3 aromatic heterocycles. The second kappa shape index (κ2) is 37.4. The summed E-state index contributed by atoms with van der Waals surface area (Å²) in [6.45, 7) is 4.72. The van der Waals surface area contributed by atoms with Crippen molar-refractivity contribution in [3.8, 4) is 72.7 Å². The van der Waals surface area contributed by atoms with Crippen LogP contribution in [0.1, 0.15) is 25.0 Å². The zero-order chi connectivity index (χ0) is 99.0. The molecule has 0 saturated heterocycles. The summed E-state index contributed by atoms with van der Waals surface area (Å²) in [5.41, 5.74) is 35.7. The molecule has 0 unspecified atom stereocenters. The molecule has 702 valence electrons. The molecule has 0 fully saturated rings. The standard InChI is InChI=1S/C50H34N2.C49H36N2.C44H30N2/c1-3-15-35(16-4-1)37-27-30-40(31-28-37)51(47-25-13-11-21-42(47)38-18-5-2-6-19-38)49-34-46-44-23-12-14-26-48(44)52(50(46)45-24-10-9-22-43(45)49)41-32-29-36-17-7-8-20-39(36)33-41;1-49(2)43-23-13-11-22-40(43)41-28-26-36(31-44(41)49)50(45-24-14-12-20-38(45)33-15-5-3-6-16-33)37-27-29-42-47(32-37)51(35-18-7-4-8-19-35)46-30-25-34-17-9-10-21-39(34)48(42)46;1-3-16-32(17-4-1)36-21-11-13-25-41(36)45(34-19-5-2-6-20-34)43-30-40-38-23-12-14-26-42(38)46(44(40)39-24-10-9-22-37(39)43)35-28-27-31-15-7-8-18-33(31)29-35/h1-34H;3-32H,1-2H3;1-30H. The van der Waals surface area contributed by atoms with E-state index in [1.54, 1.807) is 0 Å². The van der Waals surface area contributed by atoms with Crippen LogP contribution in [0.2, 0.25) is 0 Å². The molecule has 0 saturated carbocycles. The molecule has 1 aliphatic rings. The largest absolute Gasteiger partial charge is 0.310 e. The highest BCUT2D eigenvalue weighted by atomic mass is 15.2. The number of hydrogen-bond donors (Lipinski definition) is 0. The van der Waals surface area contributed by atoms with Gasteiger partial charge in [0.15, 0.2) is 0 Å². The summed E-state index contributed by atoms with van der Waals surface area (Å²) >= 11 is 0. The van der Waals surface area contributed by atoms with Crippen LogP contribution in [-0.4, -0.2) is 13.7 Å². The van der Waals surface area contributed by atoms with Crippen LogP contribution in [0.15, 0.2) is 570 Å². The molecule has 0 spiro atoms. The Balaban J connectivity index is 0.000000110. The van der Waals surface area contributed by atoms with Crippen LogP contribution in [0.5, 0.6) is 0 Å². The highest BCUT2D eigenvalue weighted by molar-refractivity contribution is 6.26. The van der Waals surface area contributed by atoms with E-state index in [4.69, 9.17) is 0 Å². The molecule has 0 bridgehead atoms. The predicted molar refractivity (Wildman–Crippen MR) is 633 cm³/mol. The summed E-state index contributed by atoms with van der Waals surface area (Å²) in [5, 5.41) is 19.8. The maximum Gasteiger partial charge on any atom is 0.0621 e. The average molecular weight is 1900 g/mol. The van der Waals surface area contributed by atoms with E-state index >= 15 is 0 Å². The number of benzene rings is 25. The Labute approximate surface area is 865 Å². The lowest BCUT2D eigenvalue weighted by Crippen LogP contribution is -2.17. The molecule has 6 nitrogen and oxygen atoms in total. The minimum Gasteiger partial charge on any atom is -0.310 e. The summed E-state index contributed by atoms with van der Waals surface area (Å²) in [5.74, 6) is 0. The third kappa shape index (κ3) is 15.5. The summed E-state index contributed by atoms with van der Waals surface area (Å²) in [6, 6.07) is 207. The fourth-order valence-corrected chi connectivity index (χ4v) is 23.6. The summed E-state index contributed by atoms with van der Waals surface area (Å²) in [4.78, 5) is 7.36. The summed E-state index contributed by atoms with van der Waals surface area (Å²) < 4.78 is 7.35. The first kappa shape index (κ1) is 88.5. The minimum absolute atomic E-state index is 0.114. The van der Waals surface area contributed by atoms with Crippen molar-refractivity contribution in [2.24, 2.45) is 0 Å². The number of rotatable bonds is 16. The van der Waals surface area contributed by atoms with Crippen LogP contribution >= 0.6 is 0 Å². The van der Waals surface area contributed by atoms with Crippen molar-refractivity contribution in [1.29, 1.82) is 0 Å². The van der Waals surface area contributed by atoms with Crippen LogP contribution in [0.4, 0.5) is 51.2 Å². The first-order valence-electron chi connectivity index (χ1n) is 51.4. The van der Waals surface area contributed by atoms with Gasteiger partial charge < -0.3 is 28.4 Å². The minimum atomic E-state index is -0.114. The maximum absolute atomic E-state index is 2.46. The van der Waals surface area contributed by atoms with Gasteiger partial charge in [-0.15, -0.1) is 0 Å². The molecule has 25 aromatic carbocycles. The van der Waals surface area contributed by atoms with Crippen molar-refractivity contribution in [1.82, 2.24) is 13.7 Å². The molecule has 29 rings (SSSR count). The number of hydrogen-bond acceptors (Lipinski definition) is 3. The quantitative estimate of drug-likeness (QED) is 0.0964. The lowest BCUT2D eigenvalue weighted by Gasteiger charge is -2.30. The van der Waals surface area contributed by atoms with E-state index in [0.29, 0.717) is 0 Å². The topological polar surface area (TPSA) is 24.5 Å². The van der Waals surface area contributed by atoms with Gasteiger partial charge in [0.1, 0.15) is 0 Å². The Morgan fingerprint density at radius 2 is 0.517 bits per heavy atom. The molecule has 0 aliphatic heterocycles. The fourth-order valence-electron chi connectivity index (χ4n) is 23.6. The Morgan fingerprint density at radius 3 is 1.03 bits per heavy atom. The molecule has 3 heterocycles. The Hall–Kier alpha value is -19.4. The van der Waals surface area contributed by atoms with E-state index in [2.05, 4.69) is 612 Å². The number of nitrogens with zero attached hydrogens (tertiary/aromatic N) is 6. The Kier molecular flexibility index (Phi) is 22.2. The zero-order valence-electron chi connectivity index (χ0n) is 82.5. The third-order valence-electron chi connectivity index (χ3n) is 30.4. The van der Waals surface area contributed by atoms with E-state index in [1.165, 1.54) is 186 Å². The van der Waals surface area contributed by atoms with E-state index in [9.17, 15) is 0 Å². The zero-order valence-corrected chi connectivity index (χ0v) is 82.5. The monoisotopic (exact) mass is 1900 g/mol. The summed E-state index contributed by atoms with van der Waals surface area (Å²) in [7, 11) is 0. The third-order valence-corrected chi connectivity index (χ3v) is 30.4. The van der Waals surface area contributed by atoms with Gasteiger partial charge in [-0.25, -0.2) is 0 Å². The van der Waals surface area contributed by atoms with Gasteiger partial charge in [-0.2, -0.15) is 0 Å². The molecule has 149 heavy (non-hydrogen) atoms. The van der Waals surface area contributed by atoms with Gasteiger partial charge >= 0.3 is 0 Å². The van der Waals surface area contributed by atoms with E-state index in [0.717, 1.165) is 68.2 Å². The van der Waals surface area contributed by atoms with Gasteiger partial charge in [-0.1, -0.05) is 451 Å². The van der Waals surface area contributed by atoms with E-state index < -0.39 is 0 Å². The van der Waals surface area contributed by atoms with Gasteiger partial charge in [0.25, 0.3) is 0 Å². The van der Waals surface area contributed by atoms with Crippen LogP contribution < -0.4 is 14.7 Å². The maximum atomic E-state index is 2.46. The highest BCUT2D eigenvalue weighted by Gasteiger charge is 2.37. The van der Waals surface area contributed by atoms with Crippen molar-refractivity contribution in [2.75, 3.05) is 14.7 Å².